The number of fused-ring (bicyclic) bond motifs is 1. The molecule has 0 radical (unpaired) electrons. The van der Waals surface area contributed by atoms with E-state index in [1.165, 1.54) is 37.3 Å². The van der Waals surface area contributed by atoms with E-state index in [1.807, 2.05) is 0 Å². The fraction of sp³-hybridized carbons (Fsp3) is 0.444. The molecule has 0 unspecified atom stereocenters. The lowest BCUT2D eigenvalue weighted by atomic mass is 9.99. The number of rotatable bonds is 6. The van der Waals surface area contributed by atoms with Gasteiger partial charge in [-0.05, 0) is 31.2 Å². The molecule has 42 heavy (non-hydrogen) atoms. The highest BCUT2D eigenvalue weighted by Gasteiger charge is 2.46. The number of aliphatic hydroxyl groups excluding tert-OH is 7. The van der Waals surface area contributed by atoms with E-state index in [4.69, 9.17) is 23.4 Å². The lowest BCUT2D eigenvalue weighted by molar-refractivity contribution is -0.277. The first-order valence-corrected chi connectivity index (χ1v) is 12.9. The number of hydrogen-bond acceptors (Lipinski definition) is 15. The number of aliphatic hydroxyl groups is 7. The monoisotopic (exact) mass is 594 g/mol. The Balaban J connectivity index is 1.58. The molecule has 15 nitrogen and oxygen atoms in total. The van der Waals surface area contributed by atoms with E-state index >= 15 is 0 Å². The van der Waals surface area contributed by atoms with Crippen molar-refractivity contribution >= 4 is 11.0 Å². The molecule has 2 aliphatic heterocycles. The van der Waals surface area contributed by atoms with Gasteiger partial charge in [0.1, 0.15) is 70.9 Å². The van der Waals surface area contributed by atoms with E-state index in [0.29, 0.717) is 0 Å². The lowest BCUT2D eigenvalue weighted by Crippen LogP contribution is -2.60. The summed E-state index contributed by atoms with van der Waals surface area (Å²) in [7, 11) is 0. The molecular weight excluding hydrogens is 564 g/mol. The van der Waals surface area contributed by atoms with Crippen molar-refractivity contribution < 1.29 is 69.3 Å². The van der Waals surface area contributed by atoms with Gasteiger partial charge < -0.3 is 69.3 Å². The molecule has 0 bridgehead atoms. The Labute approximate surface area is 236 Å². The van der Waals surface area contributed by atoms with Crippen molar-refractivity contribution in [2.45, 2.75) is 68.3 Å². The van der Waals surface area contributed by atoms with Crippen LogP contribution in [0.15, 0.2) is 45.6 Å². The molecule has 3 heterocycles. The quantitative estimate of drug-likeness (QED) is 0.154. The van der Waals surface area contributed by atoms with Gasteiger partial charge in [0.15, 0.2) is 5.76 Å². The van der Waals surface area contributed by atoms with E-state index in [2.05, 4.69) is 0 Å². The minimum atomic E-state index is -1.87. The van der Waals surface area contributed by atoms with Crippen LogP contribution in [-0.2, 0) is 9.47 Å². The van der Waals surface area contributed by atoms with Crippen molar-refractivity contribution in [3.05, 3.63) is 46.6 Å². The van der Waals surface area contributed by atoms with E-state index < -0.39 is 90.3 Å². The normalized spacial score (nSPS) is 33.4. The Kier molecular flexibility index (Phi) is 8.30. The van der Waals surface area contributed by atoms with Gasteiger partial charge in [0.25, 0.3) is 0 Å². The predicted molar refractivity (Wildman–Crippen MR) is 139 cm³/mol. The summed E-state index contributed by atoms with van der Waals surface area (Å²) >= 11 is 0. The number of phenols is 2. The van der Waals surface area contributed by atoms with Crippen LogP contribution in [0.4, 0.5) is 0 Å². The van der Waals surface area contributed by atoms with Gasteiger partial charge in [-0.3, -0.25) is 4.79 Å². The molecule has 1 aromatic heterocycles. The first-order chi connectivity index (χ1) is 19.9. The summed E-state index contributed by atoms with van der Waals surface area (Å²) in [6.07, 6.45) is -15.5. The Bertz CT molecular complexity index is 1470. The number of phenolic OH excluding ortho intramolecular Hbond substituents is 2. The molecule has 0 saturated carbocycles. The first-order valence-electron chi connectivity index (χ1n) is 12.9. The lowest BCUT2D eigenvalue weighted by Gasteiger charge is -2.39. The van der Waals surface area contributed by atoms with E-state index in [9.17, 15) is 50.8 Å². The van der Waals surface area contributed by atoms with Gasteiger partial charge in [0.2, 0.25) is 23.8 Å². The summed E-state index contributed by atoms with van der Waals surface area (Å²) in [6, 6.07) is 7.53. The molecule has 5 rings (SSSR count). The predicted octanol–water partition coefficient (Wildman–Crippen LogP) is -1.74. The second-order valence-corrected chi connectivity index (χ2v) is 10.1. The summed E-state index contributed by atoms with van der Waals surface area (Å²) < 4.78 is 28.0. The average Bonchev–Trinajstić information content (AvgIpc) is 2.96. The highest BCUT2D eigenvalue weighted by molar-refractivity contribution is 5.88. The molecule has 0 spiro atoms. The van der Waals surface area contributed by atoms with Gasteiger partial charge in [-0.25, -0.2) is 0 Å². The zero-order chi connectivity index (χ0) is 30.5. The molecule has 2 aliphatic rings. The maximum atomic E-state index is 13.7. The Morgan fingerprint density at radius 1 is 0.786 bits per heavy atom. The minimum Gasteiger partial charge on any atom is -0.508 e. The van der Waals surface area contributed by atoms with Crippen LogP contribution in [-0.4, -0.2) is 114 Å². The SMILES string of the molecule is C[C@H]1O[C@@H](Oc2cc(O)c3c(=O)c(O[C@@H]4O[C@H](CO)[C@H](O)[C@H](O)[C@H]4O)c(-c4ccc(O)cc4)oc3c2)[C@H](O)[C@@H](O)[C@H]1O. The van der Waals surface area contributed by atoms with Crippen LogP contribution < -0.4 is 14.9 Å². The first kappa shape index (κ1) is 30.0. The fourth-order valence-corrected chi connectivity index (χ4v) is 4.76. The van der Waals surface area contributed by atoms with Crippen LogP contribution >= 0.6 is 0 Å². The average molecular weight is 595 g/mol. The van der Waals surface area contributed by atoms with E-state index in [0.717, 1.165) is 6.07 Å². The van der Waals surface area contributed by atoms with Crippen molar-refractivity contribution in [2.75, 3.05) is 6.61 Å². The van der Waals surface area contributed by atoms with E-state index in [1.54, 1.807) is 0 Å². The van der Waals surface area contributed by atoms with Gasteiger partial charge in [0.05, 0.1) is 12.7 Å². The minimum absolute atomic E-state index is 0.112. The topological polar surface area (TPSA) is 249 Å². The molecule has 2 aromatic carbocycles. The van der Waals surface area contributed by atoms with Crippen molar-refractivity contribution in [3.63, 3.8) is 0 Å². The standard InChI is InChI=1S/C27H30O15/c1-9-17(31)20(34)22(36)26(38-9)39-12-6-13(30)16-14(7-12)40-24(10-2-4-11(29)5-3-10)25(19(16)33)42-27-23(37)21(35)18(32)15(8-28)41-27/h2-7,9,15,17-18,20-23,26-32,34-37H,8H2,1H3/t9-,15-,17+,18+,20+,21+,22-,23-,26+,27+/m1/s1. The van der Waals surface area contributed by atoms with Crippen LogP contribution in [0.2, 0.25) is 0 Å². The highest BCUT2D eigenvalue weighted by Crippen LogP contribution is 2.38. The van der Waals surface area contributed by atoms with Crippen LogP contribution in [0.25, 0.3) is 22.3 Å². The Morgan fingerprint density at radius 3 is 2.05 bits per heavy atom. The molecular formula is C27H30O15. The van der Waals surface area contributed by atoms with Crippen LogP contribution in [0.1, 0.15) is 6.92 Å². The maximum absolute atomic E-state index is 13.7. The summed E-state index contributed by atoms with van der Waals surface area (Å²) in [6.45, 7) is 0.702. The summed E-state index contributed by atoms with van der Waals surface area (Å²) in [5.41, 5.74) is -1.01. The molecule has 2 saturated heterocycles. The zero-order valence-corrected chi connectivity index (χ0v) is 21.9. The molecule has 15 heteroatoms. The smallest absolute Gasteiger partial charge is 0.239 e. The van der Waals surface area contributed by atoms with Gasteiger partial charge in [-0.2, -0.15) is 0 Å². The molecule has 228 valence electrons. The van der Waals surface area contributed by atoms with Crippen LogP contribution in [0.3, 0.4) is 0 Å². The summed E-state index contributed by atoms with van der Waals surface area (Å²) in [5.74, 6) is -1.77. The molecule has 0 aliphatic carbocycles. The number of hydrogen-bond donors (Lipinski definition) is 9. The molecule has 2 fully saturated rings. The molecule has 0 amide bonds. The largest absolute Gasteiger partial charge is 0.508 e. The third-order valence-electron chi connectivity index (χ3n) is 7.18. The Morgan fingerprint density at radius 2 is 1.40 bits per heavy atom. The molecule has 9 N–H and O–H groups in total. The second kappa shape index (κ2) is 11.6. The van der Waals surface area contributed by atoms with Crippen molar-refractivity contribution in [3.8, 4) is 34.3 Å². The fourth-order valence-electron chi connectivity index (χ4n) is 4.76. The van der Waals surface area contributed by atoms with Crippen molar-refractivity contribution in [1.29, 1.82) is 0 Å². The zero-order valence-electron chi connectivity index (χ0n) is 21.9. The summed E-state index contributed by atoms with van der Waals surface area (Å²) in [5, 5.41) is 90.7. The second-order valence-electron chi connectivity index (χ2n) is 10.1. The van der Waals surface area contributed by atoms with Gasteiger partial charge in [-0.15, -0.1) is 0 Å². The Hall–Kier alpha value is -3.51. The maximum Gasteiger partial charge on any atom is 0.239 e. The third-order valence-corrected chi connectivity index (χ3v) is 7.18. The van der Waals surface area contributed by atoms with Crippen LogP contribution in [0.5, 0.6) is 23.0 Å². The van der Waals surface area contributed by atoms with Crippen molar-refractivity contribution in [1.82, 2.24) is 0 Å². The van der Waals surface area contributed by atoms with Gasteiger partial charge in [0, 0.05) is 17.7 Å². The highest BCUT2D eigenvalue weighted by atomic mass is 16.7. The summed E-state index contributed by atoms with van der Waals surface area (Å²) in [4.78, 5) is 13.7. The molecule has 3 aromatic rings. The van der Waals surface area contributed by atoms with Gasteiger partial charge in [-0.1, -0.05) is 0 Å². The van der Waals surface area contributed by atoms with Crippen molar-refractivity contribution in [2.24, 2.45) is 0 Å². The number of aromatic hydroxyl groups is 2. The third kappa shape index (κ3) is 5.37. The molecule has 10 atom stereocenters. The number of ether oxygens (including phenoxy) is 4. The van der Waals surface area contributed by atoms with Crippen LogP contribution in [0, 0.1) is 0 Å². The van der Waals surface area contributed by atoms with Gasteiger partial charge >= 0.3 is 0 Å². The number of benzene rings is 2. The van der Waals surface area contributed by atoms with E-state index in [-0.39, 0.29) is 28.4 Å².